The maximum absolute atomic E-state index is 12.3. The molecule has 100 valence electrons. The smallest absolute Gasteiger partial charge is 0.253 e. The molecule has 0 saturated heterocycles. The van der Waals surface area contributed by atoms with Gasteiger partial charge in [0.15, 0.2) is 0 Å². The van der Waals surface area contributed by atoms with Gasteiger partial charge in [-0.05, 0) is 18.6 Å². The first-order chi connectivity index (χ1) is 8.56. The van der Waals surface area contributed by atoms with Gasteiger partial charge in [0.1, 0.15) is 4.21 Å². The summed E-state index contributed by atoms with van der Waals surface area (Å²) in [6.45, 7) is 2.43. The van der Waals surface area contributed by atoms with E-state index in [4.69, 9.17) is 11.5 Å². The van der Waals surface area contributed by atoms with E-state index in [1.165, 1.54) is 15.6 Å². The van der Waals surface area contributed by atoms with Crippen LogP contribution in [-0.2, 0) is 16.4 Å². The van der Waals surface area contributed by atoms with Gasteiger partial charge >= 0.3 is 0 Å². The molecule has 0 saturated carbocycles. The fraction of sp³-hybridized carbons (Fsp3) is 0.500. The lowest BCUT2D eigenvalue weighted by Gasteiger charge is -2.17. The standard InChI is InChI=1S/C12H17NO3S2/c1-3-8-13(9-4-2)18(15,16)12-6-5-11(17-12)7-10-14/h1,5-6,14H,4,7-10H2,2H3. The van der Waals surface area contributed by atoms with Gasteiger partial charge in [0.05, 0.1) is 6.54 Å². The molecule has 0 radical (unpaired) electrons. The van der Waals surface area contributed by atoms with Crippen molar-refractivity contribution in [1.82, 2.24) is 4.31 Å². The highest BCUT2D eigenvalue weighted by Gasteiger charge is 2.24. The molecule has 6 heteroatoms. The average molecular weight is 287 g/mol. The van der Waals surface area contributed by atoms with Gasteiger partial charge in [-0.3, -0.25) is 0 Å². The van der Waals surface area contributed by atoms with Crippen molar-refractivity contribution in [3.05, 3.63) is 17.0 Å². The van der Waals surface area contributed by atoms with E-state index in [0.717, 1.165) is 11.3 Å². The van der Waals surface area contributed by atoms with Crippen molar-refractivity contribution in [2.24, 2.45) is 0 Å². The normalized spacial score (nSPS) is 11.7. The highest BCUT2D eigenvalue weighted by molar-refractivity contribution is 7.91. The lowest BCUT2D eigenvalue weighted by Crippen LogP contribution is -2.31. The Balaban J connectivity index is 2.98. The van der Waals surface area contributed by atoms with Crippen LogP contribution in [0.5, 0.6) is 0 Å². The molecule has 0 amide bonds. The van der Waals surface area contributed by atoms with Crippen LogP contribution in [0, 0.1) is 12.3 Å². The molecule has 0 unspecified atom stereocenters. The summed E-state index contributed by atoms with van der Waals surface area (Å²) in [6, 6.07) is 3.30. The topological polar surface area (TPSA) is 57.6 Å². The molecular formula is C12H17NO3S2. The molecule has 1 aromatic rings. The molecule has 0 spiro atoms. The summed E-state index contributed by atoms with van der Waals surface area (Å²) in [5, 5.41) is 8.83. The summed E-state index contributed by atoms with van der Waals surface area (Å²) in [5.41, 5.74) is 0. The predicted molar refractivity (Wildman–Crippen MR) is 73.0 cm³/mol. The van der Waals surface area contributed by atoms with Gasteiger partial charge in [-0.2, -0.15) is 4.31 Å². The lowest BCUT2D eigenvalue weighted by atomic mass is 10.4. The zero-order valence-corrected chi connectivity index (χ0v) is 11.9. The van der Waals surface area contributed by atoms with Crippen molar-refractivity contribution < 1.29 is 13.5 Å². The maximum Gasteiger partial charge on any atom is 0.253 e. The SMILES string of the molecule is C#CCN(CCC)S(=O)(=O)c1ccc(CCO)s1. The van der Waals surface area contributed by atoms with Crippen LogP contribution < -0.4 is 0 Å². The fourth-order valence-corrected chi connectivity index (χ4v) is 4.45. The summed E-state index contributed by atoms with van der Waals surface area (Å²) >= 11 is 1.19. The summed E-state index contributed by atoms with van der Waals surface area (Å²) in [7, 11) is -3.50. The highest BCUT2D eigenvalue weighted by atomic mass is 32.2. The first-order valence-corrected chi connectivity index (χ1v) is 7.95. The zero-order chi connectivity index (χ0) is 13.6. The van der Waals surface area contributed by atoms with Gasteiger partial charge in [-0.15, -0.1) is 17.8 Å². The average Bonchev–Trinajstić information content (AvgIpc) is 2.78. The number of hydrogen-bond donors (Lipinski definition) is 1. The van der Waals surface area contributed by atoms with Crippen LogP contribution in [0.25, 0.3) is 0 Å². The molecule has 1 heterocycles. The zero-order valence-electron chi connectivity index (χ0n) is 10.3. The molecule has 1 N–H and O–H groups in total. The van der Waals surface area contributed by atoms with E-state index in [9.17, 15) is 8.42 Å². The quantitative estimate of drug-likeness (QED) is 0.769. The van der Waals surface area contributed by atoms with Gasteiger partial charge in [0.2, 0.25) is 0 Å². The second kappa shape index (κ2) is 6.90. The number of aliphatic hydroxyl groups excluding tert-OH is 1. The van der Waals surface area contributed by atoms with E-state index < -0.39 is 10.0 Å². The van der Waals surface area contributed by atoms with Crippen LogP contribution in [0.3, 0.4) is 0 Å². The summed E-state index contributed by atoms with van der Waals surface area (Å²) in [4.78, 5) is 0.855. The Labute approximate surface area is 112 Å². The van der Waals surface area contributed by atoms with Crippen LogP contribution in [-0.4, -0.2) is 37.5 Å². The lowest BCUT2D eigenvalue weighted by molar-refractivity contribution is 0.300. The van der Waals surface area contributed by atoms with E-state index in [1.54, 1.807) is 12.1 Å². The van der Waals surface area contributed by atoms with Gasteiger partial charge in [0.25, 0.3) is 10.0 Å². The molecule has 1 rings (SSSR count). The summed E-state index contributed by atoms with van der Waals surface area (Å²) in [5.74, 6) is 2.37. The number of terminal acetylenes is 1. The van der Waals surface area contributed by atoms with E-state index >= 15 is 0 Å². The number of nitrogens with zero attached hydrogens (tertiary/aromatic N) is 1. The Morgan fingerprint density at radius 1 is 1.50 bits per heavy atom. The fourth-order valence-electron chi connectivity index (χ4n) is 1.50. The molecule has 4 nitrogen and oxygen atoms in total. The minimum absolute atomic E-state index is 0.0169. The predicted octanol–water partition coefficient (Wildman–Crippen LogP) is 1.32. The van der Waals surface area contributed by atoms with Crippen molar-refractivity contribution >= 4 is 21.4 Å². The van der Waals surface area contributed by atoms with Crippen molar-refractivity contribution in [2.45, 2.75) is 24.0 Å². The number of hydrogen-bond acceptors (Lipinski definition) is 4. The molecule has 0 atom stereocenters. The third kappa shape index (κ3) is 3.56. The highest BCUT2D eigenvalue weighted by Crippen LogP contribution is 2.25. The minimum atomic E-state index is -3.50. The summed E-state index contributed by atoms with van der Waals surface area (Å²) < 4.78 is 26.2. The van der Waals surface area contributed by atoms with Crippen LogP contribution >= 0.6 is 11.3 Å². The Hall–Kier alpha value is -0.870. The minimum Gasteiger partial charge on any atom is -0.396 e. The molecule has 0 fully saturated rings. The third-order valence-corrected chi connectivity index (χ3v) is 5.79. The van der Waals surface area contributed by atoms with Crippen LogP contribution in [0.2, 0.25) is 0 Å². The van der Waals surface area contributed by atoms with E-state index in [2.05, 4.69) is 5.92 Å². The Kier molecular flexibility index (Phi) is 5.82. The van der Waals surface area contributed by atoms with Crippen LogP contribution in [0.15, 0.2) is 16.3 Å². The molecule has 0 aliphatic heterocycles. The second-order valence-electron chi connectivity index (χ2n) is 3.74. The van der Waals surface area contributed by atoms with Gasteiger partial charge < -0.3 is 5.11 Å². The second-order valence-corrected chi connectivity index (χ2v) is 7.07. The molecule has 1 aromatic heterocycles. The number of thiophene rings is 1. The van der Waals surface area contributed by atoms with E-state index in [-0.39, 0.29) is 17.4 Å². The molecule has 0 aliphatic rings. The van der Waals surface area contributed by atoms with Crippen molar-refractivity contribution in [3.63, 3.8) is 0 Å². The Morgan fingerprint density at radius 2 is 2.22 bits per heavy atom. The van der Waals surface area contributed by atoms with Crippen molar-refractivity contribution in [3.8, 4) is 12.3 Å². The van der Waals surface area contributed by atoms with Crippen LogP contribution in [0.4, 0.5) is 0 Å². The molecule has 0 aromatic carbocycles. The monoisotopic (exact) mass is 287 g/mol. The molecule has 0 bridgehead atoms. The molecular weight excluding hydrogens is 270 g/mol. The van der Waals surface area contributed by atoms with Gasteiger partial charge in [-0.25, -0.2) is 8.42 Å². The molecule has 0 aliphatic carbocycles. The van der Waals surface area contributed by atoms with Gasteiger partial charge in [-0.1, -0.05) is 12.8 Å². The van der Waals surface area contributed by atoms with Crippen molar-refractivity contribution in [2.75, 3.05) is 19.7 Å². The maximum atomic E-state index is 12.3. The molecule has 18 heavy (non-hydrogen) atoms. The van der Waals surface area contributed by atoms with E-state index in [1.807, 2.05) is 6.92 Å². The van der Waals surface area contributed by atoms with Crippen molar-refractivity contribution in [1.29, 1.82) is 0 Å². The van der Waals surface area contributed by atoms with Crippen LogP contribution in [0.1, 0.15) is 18.2 Å². The number of sulfonamides is 1. The third-order valence-electron chi connectivity index (χ3n) is 2.33. The Bertz CT molecular complexity index is 514. The Morgan fingerprint density at radius 3 is 2.78 bits per heavy atom. The number of rotatable bonds is 7. The first kappa shape index (κ1) is 15.2. The first-order valence-electron chi connectivity index (χ1n) is 5.69. The number of aliphatic hydroxyl groups is 1. The largest absolute Gasteiger partial charge is 0.396 e. The summed E-state index contributed by atoms with van der Waals surface area (Å²) in [6.07, 6.45) is 6.39. The van der Waals surface area contributed by atoms with E-state index in [0.29, 0.717) is 13.0 Å². The van der Waals surface area contributed by atoms with Gasteiger partial charge in [0, 0.05) is 24.4 Å².